The third-order valence-corrected chi connectivity index (χ3v) is 4.50. The topological polar surface area (TPSA) is 20.2 Å². The van der Waals surface area contributed by atoms with Gasteiger partial charge in [0, 0.05) is 0 Å². The van der Waals surface area contributed by atoms with Crippen molar-refractivity contribution in [2.24, 2.45) is 5.41 Å². The summed E-state index contributed by atoms with van der Waals surface area (Å²) >= 11 is 0. The normalized spacial score (nSPS) is 15.8. The van der Waals surface area contributed by atoms with Crippen LogP contribution in [0.4, 0.5) is 0 Å². The smallest absolute Gasteiger partial charge is 0.115 e. The second-order valence-electron chi connectivity index (χ2n) is 5.85. The van der Waals surface area contributed by atoms with Gasteiger partial charge in [0.15, 0.2) is 0 Å². The Morgan fingerprint density at radius 1 is 1.26 bits per heavy atom. The Kier molecular flexibility index (Phi) is 5.65. The summed E-state index contributed by atoms with van der Waals surface area (Å²) in [4.78, 5) is 0. The molecule has 0 fully saturated rings. The van der Waals surface area contributed by atoms with Gasteiger partial charge in [-0.1, -0.05) is 57.9 Å². The molecule has 1 aromatic rings. The zero-order chi connectivity index (χ0) is 14.5. The fourth-order valence-corrected chi connectivity index (χ4v) is 2.99. The molecule has 2 atom stereocenters. The van der Waals surface area contributed by atoms with Crippen LogP contribution in [0, 0.1) is 5.41 Å². The summed E-state index contributed by atoms with van der Waals surface area (Å²) in [6.07, 6.45) is 4.73. The number of hydrogen-bond acceptors (Lipinski definition) is 1. The van der Waals surface area contributed by atoms with Crippen LogP contribution in [-0.4, -0.2) is 5.11 Å². The van der Waals surface area contributed by atoms with Gasteiger partial charge in [-0.15, -0.1) is 0 Å². The molecule has 0 heterocycles. The van der Waals surface area contributed by atoms with E-state index >= 15 is 0 Å². The molecule has 1 heteroatoms. The fraction of sp³-hybridized carbons (Fsp3) is 0.556. The van der Waals surface area contributed by atoms with Crippen molar-refractivity contribution in [3.63, 3.8) is 0 Å². The van der Waals surface area contributed by atoms with Crippen molar-refractivity contribution in [2.75, 3.05) is 0 Å². The standard InChI is InChI=1S/C18H28O/c1-6-8-13-18(5,14(3)4)17(7-2)15-9-11-16(19)12-10-15/h9-12,17,19H,3,6-8,13H2,1-2,4-5H3/t17?,18-/m1/s1. The van der Waals surface area contributed by atoms with E-state index in [1.807, 2.05) is 0 Å². The molecule has 0 aliphatic carbocycles. The highest BCUT2D eigenvalue weighted by molar-refractivity contribution is 5.31. The van der Waals surface area contributed by atoms with Crippen LogP contribution in [0.3, 0.4) is 0 Å². The first-order valence-electron chi connectivity index (χ1n) is 7.40. The third kappa shape index (κ3) is 3.62. The van der Waals surface area contributed by atoms with Crippen molar-refractivity contribution >= 4 is 0 Å². The second kappa shape index (κ2) is 6.79. The maximum Gasteiger partial charge on any atom is 0.115 e. The molecule has 1 nitrogen and oxygen atoms in total. The van der Waals surface area contributed by atoms with Gasteiger partial charge in [-0.2, -0.15) is 0 Å². The molecule has 1 aromatic carbocycles. The number of benzene rings is 1. The van der Waals surface area contributed by atoms with Gasteiger partial charge in [0.05, 0.1) is 0 Å². The van der Waals surface area contributed by atoms with Crippen LogP contribution in [0.15, 0.2) is 36.4 Å². The molecule has 1 rings (SSSR count). The fourth-order valence-electron chi connectivity index (χ4n) is 2.99. The summed E-state index contributed by atoms with van der Waals surface area (Å²) in [7, 11) is 0. The summed E-state index contributed by atoms with van der Waals surface area (Å²) in [6, 6.07) is 7.68. The average molecular weight is 260 g/mol. The molecular weight excluding hydrogens is 232 g/mol. The number of allylic oxidation sites excluding steroid dienone is 1. The zero-order valence-electron chi connectivity index (χ0n) is 12.9. The highest BCUT2D eigenvalue weighted by atomic mass is 16.3. The lowest BCUT2D eigenvalue weighted by Gasteiger charge is -2.39. The van der Waals surface area contributed by atoms with Crippen LogP contribution in [-0.2, 0) is 0 Å². The predicted molar refractivity (Wildman–Crippen MR) is 83.6 cm³/mol. The minimum absolute atomic E-state index is 0.141. The van der Waals surface area contributed by atoms with E-state index in [1.54, 1.807) is 12.1 Å². The maximum absolute atomic E-state index is 9.45. The first-order valence-corrected chi connectivity index (χ1v) is 7.40. The Bertz CT molecular complexity index is 404. The van der Waals surface area contributed by atoms with Crippen LogP contribution in [0.2, 0.25) is 0 Å². The quantitative estimate of drug-likeness (QED) is 0.627. The second-order valence-corrected chi connectivity index (χ2v) is 5.85. The summed E-state index contributed by atoms with van der Waals surface area (Å²) in [5.41, 5.74) is 2.71. The van der Waals surface area contributed by atoms with E-state index in [9.17, 15) is 5.11 Å². The molecule has 1 unspecified atom stereocenters. The molecule has 0 bridgehead atoms. The number of phenolic OH excluding ortho intramolecular Hbond substituents is 1. The number of phenols is 1. The molecule has 106 valence electrons. The summed E-state index contributed by atoms with van der Waals surface area (Å²) in [5.74, 6) is 0.807. The van der Waals surface area contributed by atoms with E-state index in [1.165, 1.54) is 30.4 Å². The Hall–Kier alpha value is -1.24. The van der Waals surface area contributed by atoms with Crippen molar-refractivity contribution < 1.29 is 5.11 Å². The minimum Gasteiger partial charge on any atom is -0.508 e. The van der Waals surface area contributed by atoms with Crippen molar-refractivity contribution in [1.29, 1.82) is 0 Å². The van der Waals surface area contributed by atoms with E-state index in [0.717, 1.165) is 6.42 Å². The van der Waals surface area contributed by atoms with E-state index in [0.29, 0.717) is 11.7 Å². The first kappa shape index (κ1) is 15.8. The largest absolute Gasteiger partial charge is 0.508 e. The maximum atomic E-state index is 9.45. The molecule has 0 radical (unpaired) electrons. The van der Waals surface area contributed by atoms with Crippen molar-refractivity contribution in [2.45, 2.75) is 59.3 Å². The molecule has 0 aliphatic heterocycles. The van der Waals surface area contributed by atoms with E-state index in [-0.39, 0.29) is 5.41 Å². The highest BCUT2D eigenvalue weighted by Gasteiger charge is 2.34. The molecule has 19 heavy (non-hydrogen) atoms. The van der Waals surface area contributed by atoms with E-state index in [4.69, 9.17) is 0 Å². The van der Waals surface area contributed by atoms with Crippen molar-refractivity contribution in [1.82, 2.24) is 0 Å². The zero-order valence-corrected chi connectivity index (χ0v) is 12.9. The van der Waals surface area contributed by atoms with Gasteiger partial charge in [-0.25, -0.2) is 0 Å². The summed E-state index contributed by atoms with van der Waals surface area (Å²) in [5, 5.41) is 9.45. The molecular formula is C18H28O. The van der Waals surface area contributed by atoms with Gasteiger partial charge in [-0.05, 0) is 48.8 Å². The van der Waals surface area contributed by atoms with E-state index in [2.05, 4.69) is 46.4 Å². The van der Waals surface area contributed by atoms with Gasteiger partial charge in [-0.3, -0.25) is 0 Å². The van der Waals surface area contributed by atoms with E-state index < -0.39 is 0 Å². The number of rotatable bonds is 7. The molecule has 0 amide bonds. The Balaban J connectivity index is 3.09. The lowest BCUT2D eigenvalue weighted by atomic mass is 9.65. The average Bonchev–Trinajstić information content (AvgIpc) is 2.39. The Morgan fingerprint density at radius 3 is 2.26 bits per heavy atom. The summed E-state index contributed by atoms with van der Waals surface area (Å²) in [6.45, 7) is 13.2. The summed E-state index contributed by atoms with van der Waals surface area (Å²) < 4.78 is 0. The van der Waals surface area contributed by atoms with Crippen LogP contribution in [0.25, 0.3) is 0 Å². The minimum atomic E-state index is 0.141. The lowest BCUT2D eigenvalue weighted by Crippen LogP contribution is -2.26. The van der Waals surface area contributed by atoms with Crippen LogP contribution in [0.1, 0.15) is 64.9 Å². The SMILES string of the molecule is C=C(C)[C@@](C)(CCCC)C(CC)c1ccc(O)cc1. The van der Waals surface area contributed by atoms with Gasteiger partial charge in [0.25, 0.3) is 0 Å². The van der Waals surface area contributed by atoms with Crippen LogP contribution < -0.4 is 0 Å². The van der Waals surface area contributed by atoms with Gasteiger partial charge in [0.2, 0.25) is 0 Å². The number of hydrogen-bond donors (Lipinski definition) is 1. The molecule has 1 N–H and O–H groups in total. The van der Waals surface area contributed by atoms with Gasteiger partial charge < -0.3 is 5.11 Å². The Morgan fingerprint density at radius 2 is 1.84 bits per heavy atom. The molecule has 0 saturated carbocycles. The molecule has 0 saturated heterocycles. The van der Waals surface area contributed by atoms with Gasteiger partial charge >= 0.3 is 0 Å². The number of unbranched alkanes of at least 4 members (excludes halogenated alkanes) is 1. The number of aromatic hydroxyl groups is 1. The predicted octanol–water partition coefficient (Wildman–Crippen LogP) is 5.66. The van der Waals surface area contributed by atoms with Crippen molar-refractivity contribution in [3.05, 3.63) is 42.0 Å². The third-order valence-electron chi connectivity index (χ3n) is 4.50. The molecule has 0 aliphatic rings. The highest BCUT2D eigenvalue weighted by Crippen LogP contribution is 2.47. The Labute approximate surface area is 118 Å². The van der Waals surface area contributed by atoms with Crippen LogP contribution in [0.5, 0.6) is 5.75 Å². The first-order chi connectivity index (χ1) is 8.95. The monoisotopic (exact) mass is 260 g/mol. The van der Waals surface area contributed by atoms with Crippen molar-refractivity contribution in [3.8, 4) is 5.75 Å². The van der Waals surface area contributed by atoms with Gasteiger partial charge in [0.1, 0.15) is 5.75 Å². The molecule has 0 aromatic heterocycles. The molecule has 0 spiro atoms. The van der Waals surface area contributed by atoms with Crippen LogP contribution >= 0.6 is 0 Å². The lowest BCUT2D eigenvalue weighted by molar-refractivity contribution is 0.273.